The number of oxazole rings is 1. The molecule has 1 saturated heterocycles. The monoisotopic (exact) mass is 263 g/mol. The molecule has 2 aromatic heterocycles. The Bertz CT molecular complexity index is 585. The topological polar surface area (TPSA) is 106 Å². The van der Waals surface area contributed by atoms with Crippen LogP contribution in [0, 0.1) is 6.92 Å². The lowest BCUT2D eigenvalue weighted by atomic mass is 10.2. The molecule has 3 heterocycles. The summed E-state index contributed by atoms with van der Waals surface area (Å²) in [7, 11) is 0. The van der Waals surface area contributed by atoms with E-state index in [-0.39, 0.29) is 17.8 Å². The predicted molar refractivity (Wildman–Crippen MR) is 63.5 cm³/mol. The summed E-state index contributed by atoms with van der Waals surface area (Å²) in [6, 6.07) is 0.134. The Morgan fingerprint density at radius 1 is 1.53 bits per heavy atom. The molecule has 3 rings (SSSR count). The van der Waals surface area contributed by atoms with E-state index >= 15 is 0 Å². The average Bonchev–Trinajstić information content (AvgIpc) is 3.07. The normalized spacial score (nSPS) is 18.7. The van der Waals surface area contributed by atoms with Crippen molar-refractivity contribution in [3.8, 4) is 0 Å². The molecule has 0 saturated carbocycles. The minimum absolute atomic E-state index is 0.0597. The lowest BCUT2D eigenvalue weighted by molar-refractivity contribution is 0.0992. The van der Waals surface area contributed by atoms with Gasteiger partial charge in [-0.3, -0.25) is 10.1 Å². The highest BCUT2D eigenvalue weighted by Crippen LogP contribution is 2.23. The summed E-state index contributed by atoms with van der Waals surface area (Å²) in [4.78, 5) is 15.7. The summed E-state index contributed by atoms with van der Waals surface area (Å²) >= 11 is 0. The number of nitrogens with zero attached hydrogens (tertiary/aromatic N) is 3. The zero-order chi connectivity index (χ0) is 13.2. The molecule has 2 aromatic rings. The van der Waals surface area contributed by atoms with Gasteiger partial charge >= 0.3 is 6.01 Å². The van der Waals surface area contributed by atoms with Crippen molar-refractivity contribution in [2.45, 2.75) is 25.8 Å². The molecule has 19 heavy (non-hydrogen) atoms. The van der Waals surface area contributed by atoms with Gasteiger partial charge in [0, 0.05) is 0 Å². The van der Waals surface area contributed by atoms with Crippen LogP contribution in [0.15, 0.2) is 15.2 Å². The standard InChI is InChI=1S/C11H13N5O3/c1-6-8(18-5-13-6)9(17)14-11-16-15-10(19-11)7-3-2-4-12-7/h5,7,12H,2-4H2,1H3,(H,14,16,17). The highest BCUT2D eigenvalue weighted by Gasteiger charge is 2.23. The molecule has 2 N–H and O–H groups in total. The van der Waals surface area contributed by atoms with Crippen molar-refractivity contribution in [1.82, 2.24) is 20.5 Å². The van der Waals surface area contributed by atoms with Gasteiger partial charge < -0.3 is 14.2 Å². The molecular formula is C11H13N5O3. The summed E-state index contributed by atoms with van der Waals surface area (Å²) in [5, 5.41) is 13.4. The lowest BCUT2D eigenvalue weighted by Crippen LogP contribution is -2.13. The third-order valence-electron chi connectivity index (χ3n) is 2.97. The Morgan fingerprint density at radius 2 is 2.42 bits per heavy atom. The van der Waals surface area contributed by atoms with Crippen LogP contribution >= 0.6 is 0 Å². The first-order valence-electron chi connectivity index (χ1n) is 6.02. The van der Waals surface area contributed by atoms with Gasteiger partial charge in [0.25, 0.3) is 5.91 Å². The van der Waals surface area contributed by atoms with E-state index < -0.39 is 5.91 Å². The van der Waals surface area contributed by atoms with E-state index in [4.69, 9.17) is 8.83 Å². The first-order chi connectivity index (χ1) is 9.24. The first-order valence-corrected chi connectivity index (χ1v) is 6.02. The van der Waals surface area contributed by atoms with Crippen LogP contribution in [0.3, 0.4) is 0 Å². The Kier molecular flexibility index (Phi) is 3.00. The van der Waals surface area contributed by atoms with E-state index in [1.54, 1.807) is 6.92 Å². The Hall–Kier alpha value is -2.22. The molecule has 0 aromatic carbocycles. The Balaban J connectivity index is 1.70. The number of amides is 1. The molecule has 1 amide bonds. The van der Waals surface area contributed by atoms with Gasteiger partial charge in [0.15, 0.2) is 6.39 Å². The van der Waals surface area contributed by atoms with Gasteiger partial charge in [0.05, 0.1) is 11.7 Å². The third-order valence-corrected chi connectivity index (χ3v) is 2.97. The molecule has 1 atom stereocenters. The number of nitrogens with one attached hydrogen (secondary N) is 2. The van der Waals surface area contributed by atoms with Gasteiger partial charge in [-0.2, -0.15) is 0 Å². The second kappa shape index (κ2) is 4.81. The maximum atomic E-state index is 11.8. The Morgan fingerprint density at radius 3 is 3.11 bits per heavy atom. The van der Waals surface area contributed by atoms with Crippen molar-refractivity contribution in [2.24, 2.45) is 0 Å². The number of carbonyl (C=O) groups excluding carboxylic acids is 1. The summed E-state index contributed by atoms with van der Waals surface area (Å²) in [5.41, 5.74) is 0.509. The number of rotatable bonds is 3. The zero-order valence-electron chi connectivity index (χ0n) is 10.3. The summed E-state index contributed by atoms with van der Waals surface area (Å²) in [6.45, 7) is 2.62. The van der Waals surface area contributed by atoms with Crippen LogP contribution in [0.25, 0.3) is 0 Å². The molecule has 0 spiro atoms. The minimum atomic E-state index is -0.454. The average molecular weight is 263 g/mol. The molecule has 0 aliphatic carbocycles. The van der Waals surface area contributed by atoms with Crippen molar-refractivity contribution in [3.63, 3.8) is 0 Å². The molecule has 0 radical (unpaired) electrons. The number of carbonyl (C=O) groups is 1. The van der Waals surface area contributed by atoms with Gasteiger partial charge in [-0.1, -0.05) is 5.10 Å². The highest BCUT2D eigenvalue weighted by molar-refractivity contribution is 6.01. The molecule has 1 aliphatic rings. The molecular weight excluding hydrogens is 250 g/mol. The second-order valence-electron chi connectivity index (χ2n) is 4.32. The van der Waals surface area contributed by atoms with Gasteiger partial charge in [0.1, 0.15) is 0 Å². The van der Waals surface area contributed by atoms with Crippen molar-refractivity contribution in [1.29, 1.82) is 0 Å². The van der Waals surface area contributed by atoms with E-state index in [9.17, 15) is 4.79 Å². The molecule has 8 nitrogen and oxygen atoms in total. The maximum Gasteiger partial charge on any atom is 0.322 e. The molecule has 1 fully saturated rings. The van der Waals surface area contributed by atoms with Crippen LogP contribution < -0.4 is 10.6 Å². The largest absolute Gasteiger partial charge is 0.438 e. The van der Waals surface area contributed by atoms with Crippen molar-refractivity contribution >= 4 is 11.9 Å². The summed E-state index contributed by atoms with van der Waals surface area (Å²) in [5.74, 6) is 0.172. The summed E-state index contributed by atoms with van der Waals surface area (Å²) in [6.07, 6.45) is 3.24. The zero-order valence-corrected chi connectivity index (χ0v) is 10.3. The fourth-order valence-electron chi connectivity index (χ4n) is 1.99. The number of hydrogen-bond acceptors (Lipinski definition) is 7. The molecule has 100 valence electrons. The molecule has 1 aliphatic heterocycles. The van der Waals surface area contributed by atoms with E-state index in [1.165, 1.54) is 6.39 Å². The second-order valence-corrected chi connectivity index (χ2v) is 4.32. The fourth-order valence-corrected chi connectivity index (χ4v) is 1.99. The van der Waals surface area contributed by atoms with Crippen molar-refractivity contribution in [3.05, 3.63) is 23.7 Å². The third kappa shape index (κ3) is 2.34. The van der Waals surface area contributed by atoms with E-state index in [2.05, 4.69) is 25.8 Å². The van der Waals surface area contributed by atoms with E-state index in [1.807, 2.05) is 0 Å². The van der Waals surface area contributed by atoms with Gasteiger partial charge in [-0.05, 0) is 26.3 Å². The molecule has 1 unspecified atom stereocenters. The van der Waals surface area contributed by atoms with Gasteiger partial charge in [-0.25, -0.2) is 4.98 Å². The van der Waals surface area contributed by atoms with Crippen LogP contribution in [-0.2, 0) is 0 Å². The van der Waals surface area contributed by atoms with Crippen LogP contribution in [0.2, 0.25) is 0 Å². The fraction of sp³-hybridized carbons (Fsp3) is 0.455. The molecule has 8 heteroatoms. The maximum absolute atomic E-state index is 11.8. The van der Waals surface area contributed by atoms with Gasteiger partial charge in [0.2, 0.25) is 11.7 Å². The van der Waals surface area contributed by atoms with E-state index in [0.29, 0.717) is 11.6 Å². The lowest BCUT2D eigenvalue weighted by Gasteiger charge is -2.02. The number of aromatic nitrogens is 3. The first kappa shape index (κ1) is 11.8. The van der Waals surface area contributed by atoms with Crippen molar-refractivity contribution < 1.29 is 13.6 Å². The van der Waals surface area contributed by atoms with Crippen LogP contribution in [-0.4, -0.2) is 27.6 Å². The van der Waals surface area contributed by atoms with Crippen LogP contribution in [0.4, 0.5) is 6.01 Å². The van der Waals surface area contributed by atoms with Crippen molar-refractivity contribution in [2.75, 3.05) is 11.9 Å². The predicted octanol–water partition coefficient (Wildman–Crippen LogP) is 1.04. The number of anilines is 1. The Labute approximate surface area is 108 Å². The molecule has 0 bridgehead atoms. The number of aryl methyl sites for hydroxylation is 1. The quantitative estimate of drug-likeness (QED) is 0.852. The van der Waals surface area contributed by atoms with E-state index in [0.717, 1.165) is 19.4 Å². The smallest absolute Gasteiger partial charge is 0.322 e. The summed E-state index contributed by atoms with van der Waals surface area (Å²) < 4.78 is 10.4. The van der Waals surface area contributed by atoms with Gasteiger partial charge in [-0.15, -0.1) is 5.10 Å². The van der Waals surface area contributed by atoms with Crippen LogP contribution in [0.1, 0.15) is 41.0 Å². The SMILES string of the molecule is Cc1ncoc1C(=O)Nc1nnc(C2CCCN2)o1. The number of hydrogen-bond donors (Lipinski definition) is 2. The minimum Gasteiger partial charge on any atom is -0.438 e. The highest BCUT2D eigenvalue weighted by atomic mass is 16.4. The van der Waals surface area contributed by atoms with Crippen LogP contribution in [0.5, 0.6) is 0 Å².